The highest BCUT2D eigenvalue weighted by Crippen LogP contribution is 2.38. The Balaban J connectivity index is 1.85. The van der Waals surface area contributed by atoms with E-state index in [2.05, 4.69) is 5.32 Å². The van der Waals surface area contributed by atoms with Gasteiger partial charge in [0.2, 0.25) is 0 Å². The SMILES string of the molecule is CCOc1cc(/C=C(/C#N)C(=O)Nc2ccccc2F)cc(Cl)c1OCc1ccc(F)cc1. The number of nitrogens with zero attached hydrogens (tertiary/aromatic N) is 1. The summed E-state index contributed by atoms with van der Waals surface area (Å²) in [7, 11) is 0. The van der Waals surface area contributed by atoms with Crippen LogP contribution in [0.5, 0.6) is 11.5 Å². The third kappa shape index (κ3) is 6.31. The van der Waals surface area contributed by atoms with Crippen molar-refractivity contribution >= 4 is 29.3 Å². The topological polar surface area (TPSA) is 71.3 Å². The van der Waals surface area contributed by atoms with Crippen LogP contribution in [0.15, 0.2) is 66.2 Å². The van der Waals surface area contributed by atoms with Crippen LogP contribution < -0.4 is 14.8 Å². The predicted molar refractivity (Wildman–Crippen MR) is 122 cm³/mol. The highest BCUT2D eigenvalue weighted by Gasteiger charge is 2.16. The van der Waals surface area contributed by atoms with Gasteiger partial charge in [-0.1, -0.05) is 35.9 Å². The first kappa shape index (κ1) is 23.8. The number of rotatable bonds is 8. The van der Waals surface area contributed by atoms with E-state index in [1.54, 1.807) is 31.2 Å². The summed E-state index contributed by atoms with van der Waals surface area (Å²) in [6, 6.07) is 16.4. The third-order valence-corrected chi connectivity index (χ3v) is 4.71. The molecule has 3 rings (SSSR count). The van der Waals surface area contributed by atoms with Crippen molar-refractivity contribution in [1.29, 1.82) is 5.26 Å². The van der Waals surface area contributed by atoms with Crippen LogP contribution in [-0.2, 0) is 11.4 Å². The van der Waals surface area contributed by atoms with Gasteiger partial charge in [-0.25, -0.2) is 8.78 Å². The molecule has 5 nitrogen and oxygen atoms in total. The van der Waals surface area contributed by atoms with Crippen molar-refractivity contribution in [3.8, 4) is 17.6 Å². The van der Waals surface area contributed by atoms with E-state index in [0.717, 1.165) is 5.56 Å². The van der Waals surface area contributed by atoms with Crippen molar-refractivity contribution in [1.82, 2.24) is 0 Å². The molecule has 0 aliphatic rings. The van der Waals surface area contributed by atoms with Gasteiger partial charge in [0.25, 0.3) is 5.91 Å². The van der Waals surface area contributed by atoms with Crippen LogP contribution in [0.4, 0.5) is 14.5 Å². The maximum absolute atomic E-state index is 13.8. The molecule has 33 heavy (non-hydrogen) atoms. The average molecular weight is 469 g/mol. The third-order valence-electron chi connectivity index (χ3n) is 4.43. The standard InChI is InChI=1S/C25H19ClF2N2O3/c1-2-32-23-13-17(11-18(14-29)25(31)30-22-6-4-3-5-21(22)28)12-20(26)24(23)33-15-16-7-9-19(27)10-8-16/h3-13H,2,15H2,1H3,(H,30,31)/b18-11-. The molecule has 0 aromatic heterocycles. The highest BCUT2D eigenvalue weighted by atomic mass is 35.5. The van der Waals surface area contributed by atoms with Gasteiger partial charge in [-0.2, -0.15) is 5.26 Å². The molecule has 8 heteroatoms. The molecule has 0 aliphatic carbocycles. The molecule has 0 fully saturated rings. The second-order valence-electron chi connectivity index (χ2n) is 6.78. The molecule has 0 unspecified atom stereocenters. The normalized spacial score (nSPS) is 10.9. The van der Waals surface area contributed by atoms with Crippen LogP contribution in [0.1, 0.15) is 18.1 Å². The maximum Gasteiger partial charge on any atom is 0.266 e. The van der Waals surface area contributed by atoms with Crippen LogP contribution in [-0.4, -0.2) is 12.5 Å². The van der Waals surface area contributed by atoms with Crippen LogP contribution in [0.25, 0.3) is 6.08 Å². The fraction of sp³-hybridized carbons (Fsp3) is 0.120. The van der Waals surface area contributed by atoms with E-state index in [1.165, 1.54) is 42.5 Å². The molecule has 3 aromatic carbocycles. The summed E-state index contributed by atoms with van der Waals surface area (Å²) in [6.07, 6.45) is 1.31. The van der Waals surface area contributed by atoms with Crippen LogP contribution in [0, 0.1) is 23.0 Å². The van der Waals surface area contributed by atoms with Gasteiger partial charge in [-0.05, 0) is 60.5 Å². The van der Waals surface area contributed by atoms with Gasteiger partial charge < -0.3 is 14.8 Å². The van der Waals surface area contributed by atoms with Gasteiger partial charge in [-0.15, -0.1) is 0 Å². The summed E-state index contributed by atoms with van der Waals surface area (Å²) in [5.41, 5.74) is 0.853. The Morgan fingerprint density at radius 2 is 1.85 bits per heavy atom. The lowest BCUT2D eigenvalue weighted by atomic mass is 10.1. The molecule has 0 saturated heterocycles. The molecule has 1 amide bonds. The van der Waals surface area contributed by atoms with Gasteiger partial charge in [0.05, 0.1) is 17.3 Å². The number of halogens is 3. The zero-order valence-corrected chi connectivity index (χ0v) is 18.3. The lowest BCUT2D eigenvalue weighted by Gasteiger charge is -2.15. The summed E-state index contributed by atoms with van der Waals surface area (Å²) >= 11 is 6.39. The first-order valence-corrected chi connectivity index (χ1v) is 10.3. The number of hydrogen-bond donors (Lipinski definition) is 1. The quantitative estimate of drug-likeness (QED) is 0.318. The summed E-state index contributed by atoms with van der Waals surface area (Å²) in [5, 5.41) is 12.0. The van der Waals surface area contributed by atoms with Gasteiger partial charge in [0.15, 0.2) is 11.5 Å². The predicted octanol–water partition coefficient (Wildman–Crippen LogP) is 6.14. The lowest BCUT2D eigenvalue weighted by molar-refractivity contribution is -0.112. The number of benzene rings is 3. The Morgan fingerprint density at radius 1 is 1.12 bits per heavy atom. The maximum atomic E-state index is 13.8. The zero-order valence-electron chi connectivity index (χ0n) is 17.6. The minimum absolute atomic E-state index is 0.0405. The summed E-state index contributed by atoms with van der Waals surface area (Å²) < 4.78 is 38.3. The number of anilines is 1. The van der Waals surface area contributed by atoms with E-state index < -0.39 is 11.7 Å². The Bertz CT molecular complexity index is 1220. The molecule has 168 valence electrons. The van der Waals surface area contributed by atoms with E-state index in [4.69, 9.17) is 21.1 Å². The molecule has 0 atom stereocenters. The van der Waals surface area contributed by atoms with Gasteiger partial charge in [-0.3, -0.25) is 4.79 Å². The molecule has 0 radical (unpaired) electrons. The molecule has 0 saturated carbocycles. The molecule has 1 N–H and O–H groups in total. The van der Waals surface area contributed by atoms with Crippen molar-refractivity contribution in [3.05, 3.63) is 94.0 Å². The second-order valence-corrected chi connectivity index (χ2v) is 7.19. The number of hydrogen-bond acceptors (Lipinski definition) is 4. The smallest absolute Gasteiger partial charge is 0.266 e. The Labute approximate surface area is 194 Å². The first-order valence-electron chi connectivity index (χ1n) is 9.92. The largest absolute Gasteiger partial charge is 0.490 e. The van der Waals surface area contributed by atoms with E-state index in [-0.39, 0.29) is 34.5 Å². The van der Waals surface area contributed by atoms with Crippen molar-refractivity contribution in [2.45, 2.75) is 13.5 Å². The molecular formula is C25H19ClF2N2O3. The second kappa shape index (κ2) is 11.1. The molecule has 0 spiro atoms. The van der Waals surface area contributed by atoms with Crippen molar-refractivity contribution in [3.63, 3.8) is 0 Å². The van der Waals surface area contributed by atoms with Crippen molar-refractivity contribution in [2.75, 3.05) is 11.9 Å². The fourth-order valence-corrected chi connectivity index (χ4v) is 3.15. The molecular weight excluding hydrogens is 450 g/mol. The Hall–Kier alpha value is -3.89. The van der Waals surface area contributed by atoms with Crippen molar-refractivity contribution < 1.29 is 23.0 Å². The van der Waals surface area contributed by atoms with Gasteiger partial charge in [0.1, 0.15) is 29.9 Å². The number of carbonyl (C=O) groups excluding carboxylic acids is 1. The monoisotopic (exact) mass is 468 g/mol. The first-order chi connectivity index (χ1) is 15.9. The Kier molecular flexibility index (Phi) is 8.01. The number of nitrogens with one attached hydrogen (secondary N) is 1. The number of nitriles is 1. The summed E-state index contributed by atoms with van der Waals surface area (Å²) in [5.74, 6) is -1.16. The van der Waals surface area contributed by atoms with Gasteiger partial charge >= 0.3 is 0 Å². The van der Waals surface area contributed by atoms with E-state index in [9.17, 15) is 18.8 Å². The average Bonchev–Trinajstić information content (AvgIpc) is 2.79. The van der Waals surface area contributed by atoms with E-state index in [1.807, 2.05) is 6.07 Å². The Morgan fingerprint density at radius 3 is 2.52 bits per heavy atom. The minimum Gasteiger partial charge on any atom is -0.490 e. The molecule has 0 aliphatic heterocycles. The number of para-hydroxylation sites is 1. The molecule has 0 bridgehead atoms. The van der Waals surface area contributed by atoms with E-state index >= 15 is 0 Å². The van der Waals surface area contributed by atoms with Crippen LogP contribution >= 0.6 is 11.6 Å². The lowest BCUT2D eigenvalue weighted by Crippen LogP contribution is -2.14. The minimum atomic E-state index is -0.770. The number of amides is 1. The zero-order chi connectivity index (χ0) is 23.8. The summed E-state index contributed by atoms with van der Waals surface area (Å²) in [4.78, 5) is 12.5. The van der Waals surface area contributed by atoms with Crippen LogP contribution in [0.3, 0.4) is 0 Å². The van der Waals surface area contributed by atoms with E-state index in [0.29, 0.717) is 17.9 Å². The molecule has 3 aromatic rings. The van der Waals surface area contributed by atoms with Gasteiger partial charge in [0, 0.05) is 0 Å². The summed E-state index contributed by atoms with van der Waals surface area (Å²) in [6.45, 7) is 2.22. The number of carbonyl (C=O) groups is 1. The highest BCUT2D eigenvalue weighted by molar-refractivity contribution is 6.32. The van der Waals surface area contributed by atoms with Crippen LogP contribution in [0.2, 0.25) is 5.02 Å². The molecule has 0 heterocycles. The number of ether oxygens (including phenoxy) is 2. The fourth-order valence-electron chi connectivity index (χ4n) is 2.88. The van der Waals surface area contributed by atoms with Crippen molar-refractivity contribution in [2.24, 2.45) is 0 Å².